The van der Waals surface area contributed by atoms with Gasteiger partial charge in [-0.1, -0.05) is 27.7 Å². The quantitative estimate of drug-likeness (QED) is 0.660. The Kier molecular flexibility index (Phi) is 11.8. The molecule has 0 radical (unpaired) electrons. The summed E-state index contributed by atoms with van der Waals surface area (Å²) in [5.74, 6) is 0. The van der Waals surface area contributed by atoms with Crippen LogP contribution in [0.15, 0.2) is 0 Å². The zero-order valence-corrected chi connectivity index (χ0v) is 10.3. The maximum Gasteiger partial charge on any atom is 0.0174 e. The third kappa shape index (κ3) is 7.03. The molecule has 0 saturated carbocycles. The third-order valence-electron chi connectivity index (χ3n) is 2.31. The predicted octanol–water partition coefficient (Wildman–Crippen LogP) is 2.40. The molecule has 1 aliphatic heterocycles. The first-order valence-electron chi connectivity index (χ1n) is 5.66. The van der Waals surface area contributed by atoms with Gasteiger partial charge in [0.1, 0.15) is 0 Å². The molecule has 1 rings (SSSR count). The highest BCUT2D eigenvalue weighted by Crippen LogP contribution is 2.15. The van der Waals surface area contributed by atoms with Gasteiger partial charge < -0.3 is 10.6 Å². The van der Waals surface area contributed by atoms with Crippen LogP contribution in [-0.2, 0) is 0 Å². The van der Waals surface area contributed by atoms with Crippen LogP contribution in [0.3, 0.4) is 0 Å². The Labute approximate surface area is 84.5 Å². The molecule has 1 saturated heterocycles. The fourth-order valence-electron chi connectivity index (χ4n) is 1.23. The van der Waals surface area contributed by atoms with Crippen molar-refractivity contribution in [2.24, 2.45) is 0 Å². The van der Waals surface area contributed by atoms with E-state index in [2.05, 4.69) is 17.6 Å². The average molecular weight is 188 g/mol. The number of hydrogen-bond acceptors (Lipinski definition) is 2. The lowest BCUT2D eigenvalue weighted by molar-refractivity contribution is 0.285. The molecule has 0 aromatic carbocycles. The second-order valence-electron chi connectivity index (χ2n) is 3.06. The summed E-state index contributed by atoms with van der Waals surface area (Å²) in [7, 11) is 2.05. The minimum absolute atomic E-state index is 0.408. The maximum absolute atomic E-state index is 3.34. The third-order valence-corrected chi connectivity index (χ3v) is 2.31. The van der Waals surface area contributed by atoms with Gasteiger partial charge in [-0.3, -0.25) is 0 Å². The molecule has 0 amide bonds. The van der Waals surface area contributed by atoms with Crippen molar-refractivity contribution in [3.63, 3.8) is 0 Å². The van der Waals surface area contributed by atoms with Crippen LogP contribution in [0.4, 0.5) is 0 Å². The van der Waals surface area contributed by atoms with E-state index < -0.39 is 0 Å². The van der Waals surface area contributed by atoms with Gasteiger partial charge in [0.15, 0.2) is 0 Å². The van der Waals surface area contributed by atoms with E-state index in [0.717, 1.165) is 13.1 Å². The first kappa shape index (κ1) is 15.4. The van der Waals surface area contributed by atoms with E-state index in [0.29, 0.717) is 5.54 Å². The van der Waals surface area contributed by atoms with Crippen molar-refractivity contribution in [3.05, 3.63) is 0 Å². The van der Waals surface area contributed by atoms with E-state index >= 15 is 0 Å². The normalized spacial score (nSPS) is 18.9. The Morgan fingerprint density at radius 1 is 1.00 bits per heavy atom. The highest BCUT2D eigenvalue weighted by molar-refractivity contribution is 4.86. The SMILES string of the molecule is CC.CC.CNC1(C)CCNCC1. The summed E-state index contributed by atoms with van der Waals surface area (Å²) < 4.78 is 0. The Morgan fingerprint density at radius 3 is 1.62 bits per heavy atom. The molecular formula is C11H28N2. The van der Waals surface area contributed by atoms with E-state index in [1.165, 1.54) is 12.8 Å². The van der Waals surface area contributed by atoms with Gasteiger partial charge in [0.25, 0.3) is 0 Å². The first-order valence-corrected chi connectivity index (χ1v) is 5.66. The van der Waals surface area contributed by atoms with Crippen molar-refractivity contribution in [3.8, 4) is 0 Å². The highest BCUT2D eigenvalue weighted by atomic mass is 15.0. The van der Waals surface area contributed by atoms with E-state index in [4.69, 9.17) is 0 Å². The zero-order valence-electron chi connectivity index (χ0n) is 10.3. The minimum Gasteiger partial charge on any atom is -0.317 e. The molecule has 1 heterocycles. The molecule has 2 nitrogen and oxygen atoms in total. The molecule has 0 aromatic rings. The lowest BCUT2D eigenvalue weighted by Crippen LogP contribution is -2.48. The fraction of sp³-hybridized carbons (Fsp3) is 1.00. The summed E-state index contributed by atoms with van der Waals surface area (Å²) in [6, 6.07) is 0. The average Bonchev–Trinajstić information content (AvgIpc) is 2.25. The molecule has 0 atom stereocenters. The van der Waals surface area contributed by atoms with Gasteiger partial charge in [0.2, 0.25) is 0 Å². The number of piperidine rings is 1. The summed E-state index contributed by atoms with van der Waals surface area (Å²) in [5.41, 5.74) is 0.408. The largest absolute Gasteiger partial charge is 0.317 e. The van der Waals surface area contributed by atoms with Crippen molar-refractivity contribution in [2.75, 3.05) is 20.1 Å². The molecular weight excluding hydrogens is 160 g/mol. The molecule has 1 fully saturated rings. The van der Waals surface area contributed by atoms with Crippen LogP contribution in [0.2, 0.25) is 0 Å². The van der Waals surface area contributed by atoms with Crippen molar-refractivity contribution in [1.29, 1.82) is 0 Å². The first-order chi connectivity index (χ1) is 6.27. The van der Waals surface area contributed by atoms with E-state index in [-0.39, 0.29) is 0 Å². The maximum atomic E-state index is 3.34. The molecule has 0 spiro atoms. The molecule has 1 aliphatic rings. The zero-order chi connectivity index (χ0) is 10.7. The number of nitrogens with one attached hydrogen (secondary N) is 2. The van der Waals surface area contributed by atoms with Gasteiger partial charge in [-0.15, -0.1) is 0 Å². The minimum atomic E-state index is 0.408. The molecule has 2 heteroatoms. The van der Waals surface area contributed by atoms with Crippen LogP contribution in [0.1, 0.15) is 47.5 Å². The predicted molar refractivity (Wildman–Crippen MR) is 62.3 cm³/mol. The van der Waals surface area contributed by atoms with Gasteiger partial charge in [-0.2, -0.15) is 0 Å². The van der Waals surface area contributed by atoms with Crippen molar-refractivity contribution >= 4 is 0 Å². The lowest BCUT2D eigenvalue weighted by atomic mass is 9.91. The van der Waals surface area contributed by atoms with Crippen molar-refractivity contribution in [1.82, 2.24) is 10.6 Å². The Hall–Kier alpha value is -0.0800. The van der Waals surface area contributed by atoms with Crippen molar-refractivity contribution < 1.29 is 0 Å². The van der Waals surface area contributed by atoms with Crippen LogP contribution < -0.4 is 10.6 Å². The molecule has 2 N–H and O–H groups in total. The van der Waals surface area contributed by atoms with Crippen LogP contribution in [0, 0.1) is 0 Å². The van der Waals surface area contributed by atoms with E-state index in [1.54, 1.807) is 0 Å². The molecule has 82 valence electrons. The molecule has 0 unspecified atom stereocenters. The van der Waals surface area contributed by atoms with Gasteiger partial charge >= 0.3 is 0 Å². The topological polar surface area (TPSA) is 24.1 Å². The summed E-state index contributed by atoms with van der Waals surface area (Å²) >= 11 is 0. The van der Waals surface area contributed by atoms with E-state index in [9.17, 15) is 0 Å². The Morgan fingerprint density at radius 2 is 1.38 bits per heavy atom. The fourth-order valence-corrected chi connectivity index (χ4v) is 1.23. The molecule has 0 aliphatic carbocycles. The highest BCUT2D eigenvalue weighted by Gasteiger charge is 2.23. The van der Waals surface area contributed by atoms with Gasteiger partial charge in [0, 0.05) is 5.54 Å². The number of hydrogen-bond donors (Lipinski definition) is 2. The standard InChI is InChI=1S/C7H16N2.2C2H6/c1-7(8-2)3-5-9-6-4-7;2*1-2/h8-9H,3-6H2,1-2H3;2*1-2H3. The molecule has 0 bridgehead atoms. The van der Waals surface area contributed by atoms with Crippen LogP contribution >= 0.6 is 0 Å². The Bertz CT molecular complexity index is 86.1. The Balaban J connectivity index is 0. The second kappa shape index (κ2) is 10.0. The van der Waals surface area contributed by atoms with Crippen LogP contribution in [0.5, 0.6) is 0 Å². The number of rotatable bonds is 1. The van der Waals surface area contributed by atoms with Crippen LogP contribution in [-0.4, -0.2) is 25.7 Å². The van der Waals surface area contributed by atoms with E-state index in [1.807, 2.05) is 34.7 Å². The van der Waals surface area contributed by atoms with Crippen LogP contribution in [0.25, 0.3) is 0 Å². The summed E-state index contributed by atoms with van der Waals surface area (Å²) in [6.07, 6.45) is 2.51. The molecule has 13 heavy (non-hydrogen) atoms. The summed E-state index contributed by atoms with van der Waals surface area (Å²) in [6.45, 7) is 12.6. The van der Waals surface area contributed by atoms with Gasteiger partial charge in [0.05, 0.1) is 0 Å². The summed E-state index contributed by atoms with van der Waals surface area (Å²) in [4.78, 5) is 0. The van der Waals surface area contributed by atoms with Gasteiger partial charge in [-0.25, -0.2) is 0 Å². The molecule has 0 aromatic heterocycles. The lowest BCUT2D eigenvalue weighted by Gasteiger charge is -2.33. The monoisotopic (exact) mass is 188 g/mol. The second-order valence-corrected chi connectivity index (χ2v) is 3.06. The smallest absolute Gasteiger partial charge is 0.0174 e. The van der Waals surface area contributed by atoms with Crippen molar-refractivity contribution in [2.45, 2.75) is 53.0 Å². The summed E-state index contributed by atoms with van der Waals surface area (Å²) in [5, 5.41) is 6.67. The van der Waals surface area contributed by atoms with Gasteiger partial charge in [-0.05, 0) is 39.9 Å².